The van der Waals surface area contributed by atoms with Gasteiger partial charge in [-0.15, -0.1) is 0 Å². The normalized spacial score (nSPS) is 11.0. The molecular formula is C27H48N6O5. The van der Waals surface area contributed by atoms with E-state index >= 15 is 0 Å². The molecule has 10 N–H and O–H groups in total. The fourth-order valence-electron chi connectivity index (χ4n) is 3.90. The number of carboxylic acid groups (broad SMARTS) is 1. The number of nitrogens with zero attached hydrogens (tertiary/aromatic N) is 1. The Labute approximate surface area is 226 Å². The van der Waals surface area contributed by atoms with Gasteiger partial charge in [-0.05, 0) is 56.2 Å². The minimum Gasteiger partial charge on any atom is -0.481 e. The van der Waals surface area contributed by atoms with Gasteiger partial charge in [0.1, 0.15) is 6.04 Å². The molecule has 2 amide bonds. The number of hydrogen-bond acceptors (Lipinski definition) is 6. The van der Waals surface area contributed by atoms with Gasteiger partial charge in [0.2, 0.25) is 5.91 Å². The van der Waals surface area contributed by atoms with Gasteiger partial charge in [0, 0.05) is 13.3 Å². The monoisotopic (exact) mass is 536 g/mol. The van der Waals surface area contributed by atoms with E-state index in [1.165, 1.54) is 30.4 Å². The van der Waals surface area contributed by atoms with Gasteiger partial charge < -0.3 is 27.6 Å². The van der Waals surface area contributed by atoms with Gasteiger partial charge >= 0.3 is 0 Å². The molecule has 0 aliphatic rings. The lowest BCUT2D eigenvalue weighted by Crippen LogP contribution is -2.45. The van der Waals surface area contributed by atoms with Crippen molar-refractivity contribution in [1.29, 1.82) is 0 Å². The van der Waals surface area contributed by atoms with Crippen LogP contribution in [-0.4, -0.2) is 46.6 Å². The van der Waals surface area contributed by atoms with Crippen molar-refractivity contribution >= 4 is 23.7 Å². The molecule has 38 heavy (non-hydrogen) atoms. The summed E-state index contributed by atoms with van der Waals surface area (Å²) in [5, 5.41) is 19.0. The highest BCUT2D eigenvalue weighted by atomic mass is 16.5. The maximum absolute atomic E-state index is 12.1. The number of aliphatic imine (C=N–C) groups is 1. The number of benzene rings is 1. The van der Waals surface area contributed by atoms with Crippen LogP contribution in [0, 0.1) is 0 Å². The van der Waals surface area contributed by atoms with Gasteiger partial charge in [-0.3, -0.25) is 19.6 Å². The molecule has 0 saturated carbocycles. The van der Waals surface area contributed by atoms with E-state index in [-0.39, 0.29) is 11.9 Å². The lowest BCUT2D eigenvalue weighted by Gasteiger charge is -2.16. The Hall–Kier alpha value is -3.18. The first-order valence-electron chi connectivity index (χ1n) is 13.5. The maximum Gasteiger partial charge on any atom is 0.300 e. The van der Waals surface area contributed by atoms with Gasteiger partial charge in [-0.2, -0.15) is 0 Å². The third-order valence-corrected chi connectivity index (χ3v) is 5.86. The predicted octanol–water partition coefficient (Wildman–Crippen LogP) is 2.72. The van der Waals surface area contributed by atoms with Crippen LogP contribution in [0.15, 0.2) is 29.3 Å². The molecular weight excluding hydrogens is 488 g/mol. The van der Waals surface area contributed by atoms with Crippen molar-refractivity contribution in [2.75, 3.05) is 6.54 Å². The standard InChI is InChI=1S/C25H44N6O3.C2H4O2/c26-18-12-11-16-22(24(33)31-34)30-23(32)17-8-6-4-2-1-3-5-7-13-20-14-9-10-15-21(20)19-29-25(27)28;1-2(3)4/h9-10,14-15,22,34H,1-8,11-13,16-19,26H2,(H,30,32)(H,31,33)(H4,27,28,29);1H3,(H,3,4)/t22-;/m1./s1. The quantitative estimate of drug-likeness (QED) is 0.0459. The van der Waals surface area contributed by atoms with E-state index in [0.29, 0.717) is 25.9 Å². The summed E-state index contributed by atoms with van der Waals surface area (Å²) in [5.41, 5.74) is 20.5. The van der Waals surface area contributed by atoms with Crippen molar-refractivity contribution in [3.8, 4) is 0 Å². The molecule has 1 atom stereocenters. The molecule has 1 rings (SSSR count). The zero-order chi connectivity index (χ0) is 28.6. The summed E-state index contributed by atoms with van der Waals surface area (Å²) < 4.78 is 0. The summed E-state index contributed by atoms with van der Waals surface area (Å²) in [5.74, 6) is -1.45. The van der Waals surface area contributed by atoms with Crippen LogP contribution in [0.25, 0.3) is 0 Å². The third kappa shape index (κ3) is 19.9. The second-order valence-electron chi connectivity index (χ2n) is 9.24. The Morgan fingerprint density at radius 2 is 1.45 bits per heavy atom. The van der Waals surface area contributed by atoms with E-state index in [0.717, 1.165) is 58.3 Å². The summed E-state index contributed by atoms with van der Waals surface area (Å²) in [4.78, 5) is 36.9. The zero-order valence-corrected chi connectivity index (χ0v) is 22.8. The molecule has 216 valence electrons. The van der Waals surface area contributed by atoms with Gasteiger partial charge in [0.05, 0.1) is 6.54 Å². The Kier molecular flexibility index (Phi) is 21.1. The molecule has 0 aliphatic heterocycles. The lowest BCUT2D eigenvalue weighted by atomic mass is 10.00. The van der Waals surface area contributed by atoms with E-state index in [1.54, 1.807) is 5.48 Å². The molecule has 0 fully saturated rings. The van der Waals surface area contributed by atoms with E-state index < -0.39 is 17.9 Å². The van der Waals surface area contributed by atoms with Crippen LogP contribution in [0.1, 0.15) is 95.1 Å². The molecule has 0 bridgehead atoms. The van der Waals surface area contributed by atoms with Gasteiger partial charge in [-0.25, -0.2) is 10.5 Å². The Bertz CT molecular complexity index is 826. The minimum absolute atomic E-state index is 0.118. The topological polar surface area (TPSA) is 206 Å². The molecule has 0 saturated heterocycles. The van der Waals surface area contributed by atoms with Crippen molar-refractivity contribution in [2.45, 2.75) is 103 Å². The molecule has 0 heterocycles. The van der Waals surface area contributed by atoms with Gasteiger partial charge in [0.15, 0.2) is 5.96 Å². The van der Waals surface area contributed by atoms with Crippen molar-refractivity contribution in [3.63, 3.8) is 0 Å². The first kappa shape index (κ1) is 34.8. The largest absolute Gasteiger partial charge is 0.481 e. The van der Waals surface area contributed by atoms with Gasteiger partial charge in [-0.1, -0.05) is 62.8 Å². The van der Waals surface area contributed by atoms with E-state index in [9.17, 15) is 9.59 Å². The van der Waals surface area contributed by atoms with E-state index in [2.05, 4.69) is 28.5 Å². The summed E-state index contributed by atoms with van der Waals surface area (Å²) >= 11 is 0. The van der Waals surface area contributed by atoms with Crippen LogP contribution < -0.4 is 28.0 Å². The number of carboxylic acids is 1. The summed E-state index contributed by atoms with van der Waals surface area (Å²) in [6.07, 6.45) is 12.2. The van der Waals surface area contributed by atoms with Crippen LogP contribution in [0.5, 0.6) is 0 Å². The Morgan fingerprint density at radius 3 is 2.00 bits per heavy atom. The van der Waals surface area contributed by atoms with Crippen LogP contribution >= 0.6 is 0 Å². The average Bonchev–Trinajstić information content (AvgIpc) is 2.87. The molecule has 0 spiro atoms. The first-order valence-corrected chi connectivity index (χ1v) is 13.5. The third-order valence-electron chi connectivity index (χ3n) is 5.86. The number of nitrogens with one attached hydrogen (secondary N) is 2. The Morgan fingerprint density at radius 1 is 0.895 bits per heavy atom. The smallest absolute Gasteiger partial charge is 0.300 e. The predicted molar refractivity (Wildman–Crippen MR) is 149 cm³/mol. The number of aryl methyl sites for hydroxylation is 1. The second-order valence-corrected chi connectivity index (χ2v) is 9.24. The van der Waals surface area contributed by atoms with Crippen LogP contribution in [0.2, 0.25) is 0 Å². The SMILES string of the molecule is CC(=O)O.NCCCC[C@@H](NC(=O)CCCCCCCCCCc1ccccc1CN=C(N)N)C(=O)NO. The van der Waals surface area contributed by atoms with Gasteiger partial charge in [0.25, 0.3) is 11.9 Å². The van der Waals surface area contributed by atoms with E-state index in [4.69, 9.17) is 32.3 Å². The van der Waals surface area contributed by atoms with Crippen LogP contribution in [-0.2, 0) is 27.3 Å². The van der Waals surface area contributed by atoms with Crippen LogP contribution in [0.3, 0.4) is 0 Å². The summed E-state index contributed by atoms with van der Waals surface area (Å²) in [6, 6.07) is 7.58. The molecule has 11 heteroatoms. The second kappa shape index (κ2) is 23.0. The summed E-state index contributed by atoms with van der Waals surface area (Å²) in [6.45, 7) is 2.15. The molecule has 0 unspecified atom stereocenters. The number of amides is 2. The molecule has 0 aromatic heterocycles. The van der Waals surface area contributed by atoms with Crippen molar-refractivity contribution in [1.82, 2.24) is 10.8 Å². The van der Waals surface area contributed by atoms with Crippen molar-refractivity contribution in [2.24, 2.45) is 22.2 Å². The van der Waals surface area contributed by atoms with Crippen molar-refractivity contribution < 1.29 is 24.7 Å². The fourth-order valence-corrected chi connectivity index (χ4v) is 3.90. The number of carbonyl (C=O) groups is 3. The highest BCUT2D eigenvalue weighted by Crippen LogP contribution is 2.16. The number of rotatable bonds is 19. The first-order chi connectivity index (χ1) is 18.2. The number of guanidine groups is 1. The fraction of sp³-hybridized carbons (Fsp3) is 0.630. The molecule has 0 aliphatic carbocycles. The number of carbonyl (C=O) groups excluding carboxylic acids is 2. The zero-order valence-electron chi connectivity index (χ0n) is 22.8. The summed E-state index contributed by atoms with van der Waals surface area (Å²) in [7, 11) is 0. The molecule has 0 radical (unpaired) electrons. The highest BCUT2D eigenvalue weighted by Gasteiger charge is 2.19. The Balaban J connectivity index is 0.00000318. The van der Waals surface area contributed by atoms with Crippen LogP contribution in [0.4, 0.5) is 0 Å². The van der Waals surface area contributed by atoms with E-state index in [1.807, 2.05) is 6.07 Å². The molecule has 11 nitrogen and oxygen atoms in total. The molecule has 1 aromatic carbocycles. The number of unbranched alkanes of at least 4 members (excludes halogenated alkanes) is 8. The highest BCUT2D eigenvalue weighted by molar-refractivity contribution is 5.86. The number of nitrogens with two attached hydrogens (primary N) is 3. The number of hydroxylamine groups is 1. The maximum atomic E-state index is 12.1. The number of aliphatic carboxylic acids is 1. The number of hydrogen-bond donors (Lipinski definition) is 7. The minimum atomic E-state index is -0.833. The average molecular weight is 537 g/mol. The molecule has 1 aromatic rings. The lowest BCUT2D eigenvalue weighted by molar-refractivity contribution is -0.135. The van der Waals surface area contributed by atoms with Crippen molar-refractivity contribution in [3.05, 3.63) is 35.4 Å².